The molecular formula is C15H11F5N2. The number of anilines is 1. The first-order valence-corrected chi connectivity index (χ1v) is 6.21. The molecule has 0 aliphatic carbocycles. The van der Waals surface area contributed by atoms with E-state index in [1.54, 1.807) is 0 Å². The molecule has 0 bridgehead atoms. The summed E-state index contributed by atoms with van der Waals surface area (Å²) in [5.74, 6) is -1.59. The molecule has 2 rings (SSSR count). The minimum Gasteiger partial charge on any atom is -0.278 e. The number of para-hydroxylation sites is 1. The van der Waals surface area contributed by atoms with Gasteiger partial charge in [-0.2, -0.15) is 18.3 Å². The van der Waals surface area contributed by atoms with Gasteiger partial charge in [-0.1, -0.05) is 12.1 Å². The number of hydrazone groups is 1. The summed E-state index contributed by atoms with van der Waals surface area (Å²) in [5.41, 5.74) is 1.22. The molecule has 0 aromatic heterocycles. The number of nitrogens with one attached hydrogen (secondary N) is 1. The first-order chi connectivity index (χ1) is 10.3. The van der Waals surface area contributed by atoms with E-state index >= 15 is 0 Å². The van der Waals surface area contributed by atoms with Gasteiger partial charge < -0.3 is 0 Å². The van der Waals surface area contributed by atoms with Gasteiger partial charge >= 0.3 is 6.18 Å². The van der Waals surface area contributed by atoms with Gasteiger partial charge in [0.25, 0.3) is 0 Å². The lowest BCUT2D eigenvalue weighted by molar-refractivity contribution is -0.136. The lowest BCUT2D eigenvalue weighted by Crippen LogP contribution is -2.09. The van der Waals surface area contributed by atoms with Crippen molar-refractivity contribution in [1.82, 2.24) is 0 Å². The maximum atomic E-state index is 13.6. The van der Waals surface area contributed by atoms with Crippen molar-refractivity contribution in [3.8, 4) is 0 Å². The average Bonchev–Trinajstić information content (AvgIpc) is 2.44. The van der Waals surface area contributed by atoms with E-state index in [4.69, 9.17) is 0 Å². The van der Waals surface area contributed by atoms with Crippen molar-refractivity contribution in [3.63, 3.8) is 0 Å². The van der Waals surface area contributed by atoms with Crippen LogP contribution in [0.1, 0.15) is 18.1 Å². The van der Waals surface area contributed by atoms with Gasteiger partial charge in [-0.3, -0.25) is 5.43 Å². The number of rotatable bonds is 3. The van der Waals surface area contributed by atoms with Crippen LogP contribution in [0.4, 0.5) is 27.6 Å². The van der Waals surface area contributed by atoms with E-state index in [9.17, 15) is 22.0 Å². The standard InChI is InChI=1S/C15H11F5N2/c1-9(11-7-6-10(16)8-13(11)17)21-22-14-5-3-2-4-12(14)15(18,19)20/h2-8,22H,1H3/b21-9-. The summed E-state index contributed by atoms with van der Waals surface area (Å²) >= 11 is 0. The predicted octanol–water partition coefficient (Wildman–Crippen LogP) is 4.82. The summed E-state index contributed by atoms with van der Waals surface area (Å²) in [6, 6.07) is 7.68. The first kappa shape index (κ1) is 15.9. The van der Waals surface area contributed by atoms with Crippen molar-refractivity contribution < 1.29 is 22.0 Å². The highest BCUT2D eigenvalue weighted by molar-refractivity contribution is 5.99. The van der Waals surface area contributed by atoms with E-state index in [0.717, 1.165) is 12.1 Å². The molecular weight excluding hydrogens is 303 g/mol. The SMILES string of the molecule is C/C(=N/Nc1ccccc1C(F)(F)F)c1ccc(F)cc1F. The lowest BCUT2D eigenvalue weighted by atomic mass is 10.1. The van der Waals surface area contributed by atoms with E-state index in [1.807, 2.05) is 0 Å². The molecule has 2 aromatic carbocycles. The highest BCUT2D eigenvalue weighted by Crippen LogP contribution is 2.34. The molecule has 0 aliphatic rings. The predicted molar refractivity (Wildman–Crippen MR) is 73.6 cm³/mol. The molecule has 1 N–H and O–H groups in total. The Kier molecular flexibility index (Phi) is 4.44. The van der Waals surface area contributed by atoms with Crippen LogP contribution < -0.4 is 5.43 Å². The van der Waals surface area contributed by atoms with Gasteiger partial charge in [-0.05, 0) is 31.2 Å². The third kappa shape index (κ3) is 3.60. The Bertz CT molecular complexity index is 707. The number of hydrogen-bond donors (Lipinski definition) is 1. The summed E-state index contributed by atoms with van der Waals surface area (Å²) in [6.07, 6.45) is -4.53. The Morgan fingerprint density at radius 1 is 1.05 bits per heavy atom. The Balaban J connectivity index is 2.29. The zero-order valence-corrected chi connectivity index (χ0v) is 11.4. The maximum Gasteiger partial charge on any atom is 0.418 e. The summed E-state index contributed by atoms with van der Waals surface area (Å²) in [4.78, 5) is 0. The van der Waals surface area contributed by atoms with Crippen LogP contribution in [0.15, 0.2) is 47.6 Å². The van der Waals surface area contributed by atoms with Gasteiger partial charge in [0, 0.05) is 11.6 Å². The molecule has 0 radical (unpaired) electrons. The fourth-order valence-corrected chi connectivity index (χ4v) is 1.82. The van der Waals surface area contributed by atoms with Crippen molar-refractivity contribution in [3.05, 3.63) is 65.2 Å². The van der Waals surface area contributed by atoms with Crippen LogP contribution in [0.3, 0.4) is 0 Å². The fourth-order valence-electron chi connectivity index (χ4n) is 1.82. The van der Waals surface area contributed by atoms with Crippen molar-refractivity contribution >= 4 is 11.4 Å². The maximum absolute atomic E-state index is 13.6. The van der Waals surface area contributed by atoms with Crippen molar-refractivity contribution in [2.24, 2.45) is 5.10 Å². The van der Waals surface area contributed by atoms with E-state index in [0.29, 0.717) is 6.07 Å². The molecule has 116 valence electrons. The summed E-state index contributed by atoms with van der Waals surface area (Å²) < 4.78 is 64.8. The Hall–Kier alpha value is -2.44. The molecule has 0 saturated carbocycles. The average molecular weight is 314 g/mol. The summed E-state index contributed by atoms with van der Waals surface area (Å²) in [7, 11) is 0. The van der Waals surface area contributed by atoms with Gasteiger partial charge in [0.05, 0.1) is 17.0 Å². The minimum absolute atomic E-state index is 0.00149. The van der Waals surface area contributed by atoms with E-state index < -0.39 is 23.4 Å². The molecule has 0 amide bonds. The van der Waals surface area contributed by atoms with E-state index in [2.05, 4.69) is 10.5 Å². The van der Waals surface area contributed by atoms with Crippen molar-refractivity contribution in [1.29, 1.82) is 0 Å². The number of nitrogens with zero attached hydrogens (tertiary/aromatic N) is 1. The van der Waals surface area contributed by atoms with Crippen molar-refractivity contribution in [2.75, 3.05) is 5.43 Å². The van der Waals surface area contributed by atoms with Gasteiger partial charge in [0.15, 0.2) is 0 Å². The number of alkyl halides is 3. The molecule has 7 heteroatoms. The van der Waals surface area contributed by atoms with Gasteiger partial charge in [0.2, 0.25) is 0 Å². The third-order valence-electron chi connectivity index (χ3n) is 2.90. The van der Waals surface area contributed by atoms with Gasteiger partial charge in [-0.25, -0.2) is 8.78 Å². The monoisotopic (exact) mass is 314 g/mol. The molecule has 0 fully saturated rings. The summed E-state index contributed by atoms with van der Waals surface area (Å²) in [6.45, 7) is 1.40. The van der Waals surface area contributed by atoms with Crippen LogP contribution in [0.2, 0.25) is 0 Å². The Morgan fingerprint density at radius 3 is 2.36 bits per heavy atom. The largest absolute Gasteiger partial charge is 0.418 e. The topological polar surface area (TPSA) is 24.4 Å². The molecule has 0 saturated heterocycles. The van der Waals surface area contributed by atoms with Crippen LogP contribution in [0.5, 0.6) is 0 Å². The van der Waals surface area contributed by atoms with Crippen LogP contribution in [0, 0.1) is 11.6 Å². The Morgan fingerprint density at radius 2 is 1.73 bits per heavy atom. The second kappa shape index (κ2) is 6.13. The fraction of sp³-hybridized carbons (Fsp3) is 0.133. The highest BCUT2D eigenvalue weighted by Gasteiger charge is 2.33. The molecule has 0 spiro atoms. The molecule has 0 unspecified atom stereocenters. The molecule has 0 atom stereocenters. The minimum atomic E-state index is -4.53. The zero-order chi connectivity index (χ0) is 16.3. The van der Waals surface area contributed by atoms with Crippen molar-refractivity contribution in [2.45, 2.75) is 13.1 Å². The molecule has 22 heavy (non-hydrogen) atoms. The number of halogens is 5. The smallest absolute Gasteiger partial charge is 0.278 e. The molecule has 2 aromatic rings. The van der Waals surface area contributed by atoms with Crippen LogP contribution in [-0.4, -0.2) is 5.71 Å². The molecule has 0 heterocycles. The van der Waals surface area contributed by atoms with Crippen LogP contribution >= 0.6 is 0 Å². The van der Waals surface area contributed by atoms with E-state index in [1.165, 1.54) is 31.2 Å². The third-order valence-corrected chi connectivity index (χ3v) is 2.90. The quantitative estimate of drug-likeness (QED) is 0.490. The van der Waals surface area contributed by atoms with Crippen LogP contribution in [0.25, 0.3) is 0 Å². The van der Waals surface area contributed by atoms with Gasteiger partial charge in [-0.15, -0.1) is 0 Å². The second-order valence-electron chi connectivity index (χ2n) is 4.48. The molecule has 2 nitrogen and oxygen atoms in total. The zero-order valence-electron chi connectivity index (χ0n) is 11.4. The highest BCUT2D eigenvalue weighted by atomic mass is 19.4. The van der Waals surface area contributed by atoms with Gasteiger partial charge in [0.1, 0.15) is 11.6 Å². The van der Waals surface area contributed by atoms with E-state index in [-0.39, 0.29) is 17.0 Å². The first-order valence-electron chi connectivity index (χ1n) is 6.21. The lowest BCUT2D eigenvalue weighted by Gasteiger charge is -2.12. The Labute approximate surface area is 123 Å². The number of benzene rings is 2. The summed E-state index contributed by atoms with van der Waals surface area (Å²) in [5, 5.41) is 3.73. The number of hydrogen-bond acceptors (Lipinski definition) is 2. The second-order valence-corrected chi connectivity index (χ2v) is 4.48. The normalized spacial score (nSPS) is 12.4. The van der Waals surface area contributed by atoms with Crippen LogP contribution in [-0.2, 0) is 6.18 Å². The molecule has 0 aliphatic heterocycles.